The first-order chi connectivity index (χ1) is 12.2. The molecule has 4 rings (SSSR count). The first kappa shape index (κ1) is 17.0. The van der Waals surface area contributed by atoms with Gasteiger partial charge in [-0.2, -0.15) is 0 Å². The van der Waals surface area contributed by atoms with Crippen LogP contribution in [0.1, 0.15) is 51.1 Å². The van der Waals surface area contributed by atoms with Crippen LogP contribution < -0.4 is 5.32 Å². The quantitative estimate of drug-likeness (QED) is 0.825. The highest BCUT2D eigenvalue weighted by Crippen LogP contribution is 2.53. The van der Waals surface area contributed by atoms with E-state index in [0.717, 1.165) is 51.0 Å². The summed E-state index contributed by atoms with van der Waals surface area (Å²) in [4.78, 5) is 23.0. The number of hydrogen-bond donors (Lipinski definition) is 2. The van der Waals surface area contributed by atoms with Gasteiger partial charge >= 0.3 is 0 Å². The van der Waals surface area contributed by atoms with Gasteiger partial charge < -0.3 is 15.0 Å². The van der Waals surface area contributed by atoms with Crippen molar-refractivity contribution in [1.82, 2.24) is 20.2 Å². The summed E-state index contributed by atoms with van der Waals surface area (Å²) in [5, 5.41) is 3.22. The Bertz CT molecular complexity index is 584. The van der Waals surface area contributed by atoms with Gasteiger partial charge in [0.05, 0.1) is 11.7 Å². The lowest BCUT2D eigenvalue weighted by Gasteiger charge is -2.39. The number of imidazole rings is 1. The zero-order valence-electron chi connectivity index (χ0n) is 15.2. The predicted molar refractivity (Wildman–Crippen MR) is 95.1 cm³/mol. The van der Waals surface area contributed by atoms with Gasteiger partial charge in [0.1, 0.15) is 0 Å². The van der Waals surface area contributed by atoms with Crippen LogP contribution in [0, 0.1) is 5.41 Å². The van der Waals surface area contributed by atoms with Crippen LogP contribution in [0.5, 0.6) is 0 Å². The molecule has 3 saturated heterocycles. The van der Waals surface area contributed by atoms with E-state index in [1.165, 1.54) is 12.8 Å². The van der Waals surface area contributed by atoms with Crippen LogP contribution in [0.25, 0.3) is 0 Å². The van der Waals surface area contributed by atoms with E-state index < -0.39 is 0 Å². The van der Waals surface area contributed by atoms with E-state index in [1.807, 2.05) is 6.20 Å². The van der Waals surface area contributed by atoms with Crippen molar-refractivity contribution in [3.63, 3.8) is 0 Å². The SMILES string of the molecule is CC[C@]1(C(=O)NCCc2cnc[nH]2)C[C@H]2CC[C@@H]1N2C1CCOCC1. The van der Waals surface area contributed by atoms with Gasteiger partial charge in [0.15, 0.2) is 0 Å². The highest BCUT2D eigenvalue weighted by Gasteiger charge is 2.59. The van der Waals surface area contributed by atoms with Gasteiger partial charge in [-0.3, -0.25) is 9.69 Å². The van der Waals surface area contributed by atoms with Crippen LogP contribution in [-0.4, -0.2) is 58.7 Å². The molecule has 1 aromatic rings. The summed E-state index contributed by atoms with van der Waals surface area (Å²) in [6, 6.07) is 1.61. The highest BCUT2D eigenvalue weighted by molar-refractivity contribution is 5.84. The largest absolute Gasteiger partial charge is 0.381 e. The van der Waals surface area contributed by atoms with E-state index in [1.54, 1.807) is 6.33 Å². The number of carbonyl (C=O) groups excluding carboxylic acids is 1. The standard InChI is InChI=1S/C19H30N4O2/c1-2-19(18(24)21-8-5-14-12-20-13-22-14)11-16-3-4-17(19)23(16)15-6-9-25-10-7-15/h12-13,15-17H,2-11H2,1H3,(H,20,22)(H,21,24)/t16-,17+,19+/m1/s1. The second-order valence-corrected chi connectivity index (χ2v) is 7.83. The van der Waals surface area contributed by atoms with E-state index in [9.17, 15) is 4.79 Å². The number of fused-ring (bicyclic) bond motifs is 2. The maximum Gasteiger partial charge on any atom is 0.227 e. The Hall–Kier alpha value is -1.40. The predicted octanol–water partition coefficient (Wildman–Crippen LogP) is 1.88. The molecule has 138 valence electrons. The van der Waals surface area contributed by atoms with Crippen LogP contribution in [0.2, 0.25) is 0 Å². The first-order valence-electron chi connectivity index (χ1n) is 9.85. The number of H-pyrrole nitrogens is 1. The Kier molecular flexibility index (Phi) is 4.82. The Labute approximate surface area is 149 Å². The van der Waals surface area contributed by atoms with Crippen molar-refractivity contribution in [2.24, 2.45) is 5.41 Å². The van der Waals surface area contributed by atoms with E-state index >= 15 is 0 Å². The number of hydrogen-bond acceptors (Lipinski definition) is 4. The van der Waals surface area contributed by atoms with Crippen molar-refractivity contribution in [2.45, 2.75) is 70.0 Å². The summed E-state index contributed by atoms with van der Waals surface area (Å²) in [5.41, 5.74) is 0.873. The van der Waals surface area contributed by atoms with E-state index in [4.69, 9.17) is 4.74 Å². The fourth-order valence-electron chi connectivity index (χ4n) is 5.46. The molecule has 6 heteroatoms. The molecule has 1 aromatic heterocycles. The zero-order valence-corrected chi connectivity index (χ0v) is 15.2. The van der Waals surface area contributed by atoms with Crippen molar-refractivity contribution >= 4 is 5.91 Å². The summed E-state index contributed by atoms with van der Waals surface area (Å²) in [6.07, 6.45) is 10.9. The van der Waals surface area contributed by atoms with Gasteiger partial charge in [-0.05, 0) is 38.5 Å². The van der Waals surface area contributed by atoms with Gasteiger partial charge in [0.2, 0.25) is 5.91 Å². The normalized spacial score (nSPS) is 33.0. The third-order valence-corrected chi connectivity index (χ3v) is 6.72. The maximum atomic E-state index is 13.2. The van der Waals surface area contributed by atoms with Gasteiger partial charge in [-0.1, -0.05) is 6.92 Å². The average molecular weight is 346 g/mol. The fourth-order valence-corrected chi connectivity index (χ4v) is 5.46. The van der Waals surface area contributed by atoms with Crippen molar-refractivity contribution in [3.8, 4) is 0 Å². The Morgan fingerprint density at radius 3 is 2.92 bits per heavy atom. The molecule has 3 atom stereocenters. The molecule has 0 unspecified atom stereocenters. The molecule has 3 fully saturated rings. The number of carbonyl (C=O) groups is 1. The summed E-state index contributed by atoms with van der Waals surface area (Å²) >= 11 is 0. The third kappa shape index (κ3) is 2.99. The molecule has 25 heavy (non-hydrogen) atoms. The van der Waals surface area contributed by atoms with Gasteiger partial charge in [0.25, 0.3) is 0 Å². The van der Waals surface area contributed by atoms with Gasteiger partial charge in [-0.25, -0.2) is 4.98 Å². The van der Waals surface area contributed by atoms with E-state index in [0.29, 0.717) is 24.7 Å². The van der Waals surface area contributed by atoms with E-state index in [-0.39, 0.29) is 11.3 Å². The summed E-state index contributed by atoms with van der Waals surface area (Å²) in [7, 11) is 0. The molecule has 1 amide bonds. The molecule has 3 aliphatic heterocycles. The first-order valence-corrected chi connectivity index (χ1v) is 9.85. The molecule has 2 bridgehead atoms. The minimum Gasteiger partial charge on any atom is -0.381 e. The van der Waals surface area contributed by atoms with Crippen LogP contribution in [-0.2, 0) is 16.0 Å². The van der Waals surface area contributed by atoms with Crippen molar-refractivity contribution in [2.75, 3.05) is 19.8 Å². The lowest BCUT2D eigenvalue weighted by molar-refractivity contribution is -0.133. The zero-order chi connectivity index (χ0) is 17.3. The van der Waals surface area contributed by atoms with Crippen molar-refractivity contribution in [1.29, 1.82) is 0 Å². The van der Waals surface area contributed by atoms with Crippen LogP contribution in [0.4, 0.5) is 0 Å². The number of aromatic amines is 1. The number of amides is 1. The van der Waals surface area contributed by atoms with Crippen molar-refractivity contribution < 1.29 is 9.53 Å². The van der Waals surface area contributed by atoms with Crippen LogP contribution in [0.15, 0.2) is 12.5 Å². The minimum absolute atomic E-state index is 0.199. The number of nitrogens with one attached hydrogen (secondary N) is 2. The minimum atomic E-state index is -0.199. The average Bonchev–Trinajstić information content (AvgIpc) is 3.37. The van der Waals surface area contributed by atoms with E-state index in [2.05, 4.69) is 27.1 Å². The molecular formula is C19H30N4O2. The lowest BCUT2D eigenvalue weighted by Crippen LogP contribution is -2.51. The summed E-state index contributed by atoms with van der Waals surface area (Å²) in [6.45, 7) is 4.61. The molecule has 0 aliphatic carbocycles. The summed E-state index contributed by atoms with van der Waals surface area (Å²) in [5.74, 6) is 0.263. The number of ether oxygens (including phenoxy) is 1. The highest BCUT2D eigenvalue weighted by atomic mass is 16.5. The number of aromatic nitrogens is 2. The molecule has 0 saturated carbocycles. The maximum absolute atomic E-state index is 13.2. The molecular weight excluding hydrogens is 316 g/mol. The second-order valence-electron chi connectivity index (χ2n) is 7.83. The molecule has 4 heterocycles. The van der Waals surface area contributed by atoms with Crippen LogP contribution >= 0.6 is 0 Å². The number of nitrogens with zero attached hydrogens (tertiary/aromatic N) is 2. The molecule has 0 radical (unpaired) electrons. The van der Waals surface area contributed by atoms with Gasteiger partial charge in [-0.15, -0.1) is 0 Å². The van der Waals surface area contributed by atoms with Gasteiger partial charge in [0, 0.05) is 56.2 Å². The fraction of sp³-hybridized carbons (Fsp3) is 0.789. The van der Waals surface area contributed by atoms with Crippen molar-refractivity contribution in [3.05, 3.63) is 18.2 Å². The Balaban J connectivity index is 1.42. The smallest absolute Gasteiger partial charge is 0.227 e. The Morgan fingerprint density at radius 1 is 1.36 bits per heavy atom. The molecule has 6 nitrogen and oxygen atoms in total. The number of rotatable bonds is 6. The second kappa shape index (κ2) is 7.08. The molecule has 3 aliphatic rings. The molecule has 2 N–H and O–H groups in total. The molecule has 0 spiro atoms. The molecule has 0 aromatic carbocycles. The monoisotopic (exact) mass is 346 g/mol. The topological polar surface area (TPSA) is 70.2 Å². The lowest BCUT2D eigenvalue weighted by atomic mass is 9.71. The van der Waals surface area contributed by atoms with Crippen LogP contribution in [0.3, 0.4) is 0 Å². The summed E-state index contributed by atoms with van der Waals surface area (Å²) < 4.78 is 5.55. The Morgan fingerprint density at radius 2 is 2.20 bits per heavy atom. The third-order valence-electron chi connectivity index (χ3n) is 6.72.